The standard InChI is InChI=1S/C35H29F3N2O5S2/c1-16-6-3-4-7-18(16)15-45-23-11-10-17(12-24(23)44-2)25-26-21-14-22(29(26)46-31-30(25)47-34(43)39-31)28-27(21)32(41)40(33(28)42)20-9-5-8-19(13-20)35(36,37)38/h3-13,21-22,25-29H,14-15H2,1-2H3,(H,39,43)/t21-,22-,25+,26+,27+,28+,29-/m1/s1. The molecule has 242 valence electrons. The molecule has 0 radical (unpaired) electrons. The van der Waals surface area contributed by atoms with Crippen LogP contribution in [0.1, 0.15) is 39.5 Å². The van der Waals surface area contributed by atoms with Crippen LogP contribution in [0.5, 0.6) is 11.5 Å². The summed E-state index contributed by atoms with van der Waals surface area (Å²) in [6.07, 6.45) is -3.94. The van der Waals surface area contributed by atoms with E-state index in [0.717, 1.165) is 55.0 Å². The third kappa shape index (κ3) is 4.74. The van der Waals surface area contributed by atoms with Crippen LogP contribution in [0.15, 0.2) is 76.6 Å². The molecule has 2 saturated carbocycles. The van der Waals surface area contributed by atoms with Crippen molar-refractivity contribution in [2.24, 2.45) is 29.6 Å². The fraction of sp³-hybridized carbons (Fsp3) is 0.343. The number of aromatic amines is 1. The number of fused-ring (bicyclic) bond motifs is 9. The summed E-state index contributed by atoms with van der Waals surface area (Å²) in [5.41, 5.74) is 2.12. The lowest BCUT2D eigenvalue weighted by atomic mass is 9.68. The fourth-order valence-electron chi connectivity index (χ4n) is 8.39. The van der Waals surface area contributed by atoms with Gasteiger partial charge in [0.1, 0.15) is 6.61 Å². The van der Waals surface area contributed by atoms with Crippen molar-refractivity contribution in [3.63, 3.8) is 0 Å². The Kier molecular flexibility index (Phi) is 7.10. The van der Waals surface area contributed by atoms with E-state index in [9.17, 15) is 27.6 Å². The summed E-state index contributed by atoms with van der Waals surface area (Å²) in [4.78, 5) is 45.2. The Morgan fingerprint density at radius 3 is 2.45 bits per heavy atom. The molecule has 12 heteroatoms. The van der Waals surface area contributed by atoms with Gasteiger partial charge in [0, 0.05) is 16.0 Å². The van der Waals surface area contributed by atoms with E-state index in [-0.39, 0.29) is 39.5 Å². The zero-order chi connectivity index (χ0) is 32.8. The highest BCUT2D eigenvalue weighted by molar-refractivity contribution is 8.00. The number of aromatic nitrogens is 1. The molecule has 4 aromatic rings. The van der Waals surface area contributed by atoms with E-state index in [2.05, 4.69) is 4.98 Å². The largest absolute Gasteiger partial charge is 0.493 e. The van der Waals surface area contributed by atoms with Gasteiger partial charge in [0.15, 0.2) is 11.5 Å². The van der Waals surface area contributed by atoms with Crippen LogP contribution >= 0.6 is 23.1 Å². The van der Waals surface area contributed by atoms with Crippen molar-refractivity contribution in [2.45, 2.75) is 42.3 Å². The minimum absolute atomic E-state index is 0.0507. The normalized spacial score (nSPS) is 27.5. The zero-order valence-corrected chi connectivity index (χ0v) is 26.9. The third-order valence-electron chi connectivity index (χ3n) is 10.3. The number of methoxy groups -OCH3 is 1. The predicted molar refractivity (Wildman–Crippen MR) is 171 cm³/mol. The molecule has 1 N–H and O–H groups in total. The number of halogens is 3. The maximum Gasteiger partial charge on any atom is 0.416 e. The lowest BCUT2D eigenvalue weighted by Gasteiger charge is -2.43. The Morgan fingerprint density at radius 1 is 0.936 bits per heavy atom. The lowest BCUT2D eigenvalue weighted by Crippen LogP contribution is -2.42. The summed E-state index contributed by atoms with van der Waals surface area (Å²) in [5, 5.41) is 0.700. The second kappa shape index (κ2) is 11.0. The van der Waals surface area contributed by atoms with Crippen molar-refractivity contribution in [3.8, 4) is 11.5 Å². The number of thioether (sulfide) groups is 1. The van der Waals surface area contributed by atoms with Gasteiger partial charge in [-0.15, -0.1) is 11.8 Å². The van der Waals surface area contributed by atoms with Crippen molar-refractivity contribution in [2.75, 3.05) is 12.0 Å². The van der Waals surface area contributed by atoms with Crippen molar-refractivity contribution in [3.05, 3.63) is 104 Å². The lowest BCUT2D eigenvalue weighted by molar-refractivity contribution is -0.137. The van der Waals surface area contributed by atoms with E-state index in [0.29, 0.717) is 24.5 Å². The van der Waals surface area contributed by atoms with Gasteiger partial charge in [-0.1, -0.05) is 47.7 Å². The number of H-pyrrole nitrogens is 1. The van der Waals surface area contributed by atoms with Crippen LogP contribution in [-0.2, 0) is 22.4 Å². The minimum Gasteiger partial charge on any atom is -0.493 e. The van der Waals surface area contributed by atoms with E-state index >= 15 is 0 Å². The molecule has 1 aromatic heterocycles. The predicted octanol–water partition coefficient (Wildman–Crippen LogP) is 7.03. The zero-order valence-electron chi connectivity index (χ0n) is 25.2. The number of hydrogen-bond donors (Lipinski definition) is 1. The maximum absolute atomic E-state index is 14.0. The average molecular weight is 679 g/mol. The van der Waals surface area contributed by atoms with E-state index in [1.54, 1.807) is 18.9 Å². The molecule has 2 aliphatic carbocycles. The number of hydrogen-bond acceptors (Lipinski definition) is 7. The van der Waals surface area contributed by atoms with Gasteiger partial charge in [0.25, 0.3) is 0 Å². The van der Waals surface area contributed by atoms with Gasteiger partial charge >= 0.3 is 11.0 Å². The highest BCUT2D eigenvalue weighted by atomic mass is 32.2. The molecule has 7 nitrogen and oxygen atoms in total. The number of aryl methyl sites for hydroxylation is 1. The van der Waals surface area contributed by atoms with Crippen LogP contribution in [0.2, 0.25) is 0 Å². The Hall–Kier alpha value is -4.03. The Balaban J connectivity index is 1.14. The van der Waals surface area contributed by atoms with Crippen LogP contribution in [0.4, 0.5) is 18.9 Å². The first-order chi connectivity index (χ1) is 22.5. The van der Waals surface area contributed by atoms with Crippen molar-refractivity contribution >= 4 is 40.6 Å². The van der Waals surface area contributed by atoms with Crippen molar-refractivity contribution in [1.82, 2.24) is 4.98 Å². The molecule has 47 heavy (non-hydrogen) atoms. The second-order valence-corrected chi connectivity index (χ2v) is 14.8. The first kappa shape index (κ1) is 30.3. The van der Waals surface area contributed by atoms with Crippen LogP contribution in [0.25, 0.3) is 0 Å². The van der Waals surface area contributed by atoms with E-state index in [4.69, 9.17) is 9.47 Å². The first-order valence-electron chi connectivity index (χ1n) is 15.3. The van der Waals surface area contributed by atoms with E-state index in [1.165, 1.54) is 12.1 Å². The molecule has 4 aliphatic rings. The van der Waals surface area contributed by atoms with Crippen LogP contribution in [-0.4, -0.2) is 29.2 Å². The Morgan fingerprint density at radius 2 is 1.70 bits per heavy atom. The molecule has 0 unspecified atom stereocenters. The fourth-order valence-corrected chi connectivity index (χ4v) is 11.3. The molecule has 2 amide bonds. The van der Waals surface area contributed by atoms with Gasteiger partial charge in [-0.25, -0.2) is 0 Å². The summed E-state index contributed by atoms with van der Waals surface area (Å²) in [5.74, 6) is -1.70. The van der Waals surface area contributed by atoms with Gasteiger partial charge in [0.05, 0.1) is 35.2 Å². The number of ether oxygens (including phenoxy) is 2. The number of carbonyl (C=O) groups excluding carboxylic acids is 2. The summed E-state index contributed by atoms with van der Waals surface area (Å²) in [6, 6.07) is 18.2. The molecular formula is C35H29F3N2O5S2. The Bertz CT molecular complexity index is 1990. The molecule has 8 rings (SSSR count). The summed E-state index contributed by atoms with van der Waals surface area (Å²) in [7, 11) is 1.58. The minimum atomic E-state index is -4.61. The number of rotatable bonds is 6. The summed E-state index contributed by atoms with van der Waals surface area (Å²) < 4.78 is 52.5. The van der Waals surface area contributed by atoms with Crippen LogP contribution in [0.3, 0.4) is 0 Å². The van der Waals surface area contributed by atoms with Crippen molar-refractivity contribution in [1.29, 1.82) is 0 Å². The molecule has 2 bridgehead atoms. The number of imide groups is 1. The number of nitrogens with zero attached hydrogens (tertiary/aromatic N) is 1. The highest BCUT2D eigenvalue weighted by Crippen LogP contribution is 2.69. The highest BCUT2D eigenvalue weighted by Gasteiger charge is 2.69. The average Bonchev–Trinajstić information content (AvgIpc) is 3.79. The maximum atomic E-state index is 14.0. The quantitative estimate of drug-likeness (QED) is 0.221. The summed E-state index contributed by atoms with van der Waals surface area (Å²) in [6.45, 7) is 2.39. The number of anilines is 1. The molecule has 3 heterocycles. The monoisotopic (exact) mass is 678 g/mol. The van der Waals surface area contributed by atoms with Crippen molar-refractivity contribution < 1.29 is 32.2 Å². The van der Waals surface area contributed by atoms with Gasteiger partial charge in [-0.3, -0.25) is 19.3 Å². The third-order valence-corrected chi connectivity index (χ3v) is 12.9. The number of amides is 2. The number of carbonyl (C=O) groups is 2. The van der Waals surface area contributed by atoms with Crippen LogP contribution in [0, 0.1) is 36.5 Å². The topological polar surface area (TPSA) is 88.7 Å². The van der Waals surface area contributed by atoms with Gasteiger partial charge < -0.3 is 14.5 Å². The smallest absolute Gasteiger partial charge is 0.416 e. The van der Waals surface area contributed by atoms with E-state index < -0.39 is 35.4 Å². The number of thiazole rings is 1. The number of alkyl halides is 3. The van der Waals surface area contributed by atoms with E-state index in [1.807, 2.05) is 49.4 Å². The SMILES string of the molecule is COc1cc([C@@H]2c3sc(=O)[nH]c3S[C@@H]3[C@@H]4C[C@@H]([C@@H]5C(=O)N(c6cccc(C(F)(F)F)c6)C(=O)[C@@H]45)[C@@H]23)ccc1OCc1ccccc1C. The second-order valence-electron chi connectivity index (χ2n) is 12.6. The van der Waals surface area contributed by atoms with Gasteiger partial charge in [-0.05, 0) is 78.1 Å². The van der Waals surface area contributed by atoms with Crippen LogP contribution < -0.4 is 19.2 Å². The first-order valence-corrected chi connectivity index (χ1v) is 17.0. The van der Waals surface area contributed by atoms with Gasteiger partial charge in [0.2, 0.25) is 11.8 Å². The molecule has 3 fully saturated rings. The van der Waals surface area contributed by atoms with Gasteiger partial charge in [-0.2, -0.15) is 13.2 Å². The molecule has 3 aromatic carbocycles. The molecular weight excluding hydrogens is 650 g/mol. The molecule has 0 spiro atoms. The molecule has 7 atom stereocenters. The molecule has 1 saturated heterocycles. The number of benzene rings is 3. The Labute approximate surface area is 276 Å². The summed E-state index contributed by atoms with van der Waals surface area (Å²) >= 11 is 2.70. The number of nitrogens with one attached hydrogen (secondary N) is 1. The molecule has 2 aliphatic heterocycles.